The fourth-order valence-corrected chi connectivity index (χ4v) is 3.80. The Bertz CT molecular complexity index is 527. The molecule has 2 heterocycles. The molecular formula is C13H15BrClNO3. The number of rotatable bonds is 0. The van der Waals surface area contributed by atoms with E-state index < -0.39 is 11.9 Å². The molecule has 0 bridgehead atoms. The van der Waals surface area contributed by atoms with Crippen LogP contribution in [0.25, 0.3) is 0 Å². The number of aliphatic hydroxyl groups is 2. The summed E-state index contributed by atoms with van der Waals surface area (Å²) < 4.78 is 6.44. The van der Waals surface area contributed by atoms with Gasteiger partial charge in [-0.2, -0.15) is 0 Å². The van der Waals surface area contributed by atoms with E-state index in [-0.39, 0.29) is 5.92 Å². The lowest BCUT2D eigenvalue weighted by Crippen LogP contribution is -2.58. The molecule has 3 rings (SSSR count). The highest BCUT2D eigenvalue weighted by Gasteiger charge is 2.51. The highest BCUT2D eigenvalue weighted by Crippen LogP contribution is 2.49. The van der Waals surface area contributed by atoms with Crippen molar-refractivity contribution in [3.8, 4) is 5.75 Å². The second-order valence-corrected chi connectivity index (χ2v) is 6.61. The summed E-state index contributed by atoms with van der Waals surface area (Å²) in [6.07, 6.45) is -0.314. The molecule has 1 aromatic rings. The number of fused-ring (bicyclic) bond motifs is 2. The predicted octanol–water partition coefficient (Wildman–Crippen LogP) is 2.17. The lowest BCUT2D eigenvalue weighted by atomic mass is 9.81. The van der Waals surface area contributed by atoms with Crippen LogP contribution < -0.4 is 4.74 Å². The molecule has 1 aromatic carbocycles. The van der Waals surface area contributed by atoms with Gasteiger partial charge in [0.1, 0.15) is 5.75 Å². The Hall–Kier alpha value is -0.330. The summed E-state index contributed by atoms with van der Waals surface area (Å²) in [6.45, 7) is 1.32. The van der Waals surface area contributed by atoms with Crippen LogP contribution in [0.2, 0.25) is 5.02 Å². The van der Waals surface area contributed by atoms with Gasteiger partial charge in [-0.25, -0.2) is 0 Å². The van der Waals surface area contributed by atoms with E-state index in [1.54, 1.807) is 12.1 Å². The number of nitrogens with zero attached hydrogens (tertiary/aromatic N) is 1. The molecular weight excluding hydrogens is 334 g/mol. The van der Waals surface area contributed by atoms with Crippen LogP contribution in [0.3, 0.4) is 0 Å². The first-order valence-corrected chi connectivity index (χ1v) is 7.35. The van der Waals surface area contributed by atoms with E-state index in [0.717, 1.165) is 6.54 Å². The van der Waals surface area contributed by atoms with E-state index in [2.05, 4.69) is 20.8 Å². The molecule has 3 atom stereocenters. The molecule has 6 heteroatoms. The molecule has 19 heavy (non-hydrogen) atoms. The van der Waals surface area contributed by atoms with Crippen LogP contribution in [-0.2, 0) is 0 Å². The second-order valence-electron chi connectivity index (χ2n) is 5.32. The van der Waals surface area contributed by atoms with Gasteiger partial charge in [0, 0.05) is 30.1 Å². The Kier molecular flexibility index (Phi) is 3.30. The zero-order valence-electron chi connectivity index (χ0n) is 10.4. The summed E-state index contributed by atoms with van der Waals surface area (Å²) in [4.78, 5) is 2.08. The van der Waals surface area contributed by atoms with Crippen molar-refractivity contribution in [2.24, 2.45) is 5.92 Å². The third kappa shape index (κ3) is 2.17. The zero-order chi connectivity index (χ0) is 13.8. The highest BCUT2D eigenvalue weighted by atomic mass is 79.9. The summed E-state index contributed by atoms with van der Waals surface area (Å²) in [7, 11) is 1.97. The SMILES string of the molecule is CN1CCC2(O)Oc3c(Br)cc(Cl)cc3C(O)C2C1. The molecule has 2 N–H and O–H groups in total. The topological polar surface area (TPSA) is 52.9 Å². The van der Waals surface area contributed by atoms with E-state index in [9.17, 15) is 10.2 Å². The number of halogens is 2. The van der Waals surface area contributed by atoms with Crippen LogP contribution in [0.15, 0.2) is 16.6 Å². The van der Waals surface area contributed by atoms with Gasteiger partial charge in [0.05, 0.1) is 16.5 Å². The van der Waals surface area contributed by atoms with E-state index in [1.807, 2.05) is 7.05 Å². The van der Waals surface area contributed by atoms with Gasteiger partial charge in [-0.3, -0.25) is 0 Å². The molecule has 0 spiro atoms. The van der Waals surface area contributed by atoms with Crippen LogP contribution in [0.1, 0.15) is 18.1 Å². The number of benzene rings is 1. The Morgan fingerprint density at radius 2 is 2.26 bits per heavy atom. The molecule has 0 aromatic heterocycles. The maximum Gasteiger partial charge on any atom is 0.216 e. The standard InChI is InChI=1S/C13H15BrClNO3/c1-16-3-2-13(18)9(6-16)11(17)8-4-7(15)5-10(14)12(8)19-13/h4-5,9,11,17-18H,2-3,6H2,1H3. The van der Waals surface area contributed by atoms with Crippen molar-refractivity contribution in [1.29, 1.82) is 0 Å². The van der Waals surface area contributed by atoms with Gasteiger partial charge in [0.15, 0.2) is 0 Å². The Balaban J connectivity index is 2.09. The molecule has 0 aliphatic carbocycles. The van der Waals surface area contributed by atoms with Crippen molar-refractivity contribution in [3.05, 3.63) is 27.2 Å². The van der Waals surface area contributed by atoms with Crippen molar-refractivity contribution >= 4 is 27.5 Å². The first kappa shape index (κ1) is 13.6. The number of piperidine rings is 1. The fourth-order valence-electron chi connectivity index (χ4n) is 2.88. The van der Waals surface area contributed by atoms with Crippen molar-refractivity contribution in [3.63, 3.8) is 0 Å². The van der Waals surface area contributed by atoms with Crippen LogP contribution in [-0.4, -0.2) is 41.0 Å². The van der Waals surface area contributed by atoms with Crippen LogP contribution >= 0.6 is 27.5 Å². The quantitative estimate of drug-likeness (QED) is 0.754. The largest absolute Gasteiger partial charge is 0.460 e. The minimum atomic E-state index is -1.31. The van der Waals surface area contributed by atoms with Crippen molar-refractivity contribution in [2.75, 3.05) is 20.1 Å². The Morgan fingerprint density at radius 1 is 1.53 bits per heavy atom. The Morgan fingerprint density at radius 3 is 3.00 bits per heavy atom. The van der Waals surface area contributed by atoms with Gasteiger partial charge >= 0.3 is 0 Å². The second kappa shape index (κ2) is 4.60. The summed E-state index contributed by atoms with van der Waals surface area (Å²) in [5, 5.41) is 21.7. The van der Waals surface area contributed by atoms with E-state index in [1.165, 1.54) is 0 Å². The van der Waals surface area contributed by atoms with E-state index in [4.69, 9.17) is 16.3 Å². The highest BCUT2D eigenvalue weighted by molar-refractivity contribution is 9.10. The molecule has 0 saturated carbocycles. The van der Waals surface area contributed by atoms with Gasteiger partial charge < -0.3 is 19.8 Å². The molecule has 2 aliphatic rings. The minimum Gasteiger partial charge on any atom is -0.460 e. The van der Waals surface area contributed by atoms with Gasteiger partial charge in [-0.05, 0) is 35.1 Å². The smallest absolute Gasteiger partial charge is 0.216 e. The summed E-state index contributed by atoms with van der Waals surface area (Å²) in [5.74, 6) is -1.20. The summed E-state index contributed by atoms with van der Waals surface area (Å²) in [5.41, 5.74) is 0.629. The normalized spacial score (nSPS) is 34.4. The van der Waals surface area contributed by atoms with Gasteiger partial charge in [0.25, 0.3) is 0 Å². The monoisotopic (exact) mass is 347 g/mol. The van der Waals surface area contributed by atoms with Gasteiger partial charge in [0.2, 0.25) is 5.79 Å². The lowest BCUT2D eigenvalue weighted by Gasteiger charge is -2.48. The summed E-state index contributed by atoms with van der Waals surface area (Å²) in [6, 6.07) is 3.40. The van der Waals surface area contributed by atoms with Gasteiger partial charge in [-0.15, -0.1) is 0 Å². The van der Waals surface area contributed by atoms with E-state index >= 15 is 0 Å². The number of aliphatic hydroxyl groups excluding tert-OH is 1. The number of ether oxygens (including phenoxy) is 1. The minimum absolute atomic E-state index is 0.371. The third-order valence-corrected chi connectivity index (χ3v) is 4.76. The van der Waals surface area contributed by atoms with Gasteiger partial charge in [-0.1, -0.05) is 11.6 Å². The van der Waals surface area contributed by atoms with Crippen molar-refractivity contribution in [1.82, 2.24) is 4.90 Å². The molecule has 1 saturated heterocycles. The fraction of sp³-hybridized carbons (Fsp3) is 0.538. The molecule has 1 fully saturated rings. The number of hydrogen-bond acceptors (Lipinski definition) is 4. The lowest BCUT2D eigenvalue weighted by molar-refractivity contribution is -0.239. The van der Waals surface area contributed by atoms with Crippen LogP contribution in [0.4, 0.5) is 0 Å². The molecule has 2 aliphatic heterocycles. The molecule has 0 radical (unpaired) electrons. The maximum atomic E-state index is 10.7. The number of likely N-dealkylation sites (tertiary alicyclic amines) is 1. The van der Waals surface area contributed by atoms with Crippen LogP contribution in [0.5, 0.6) is 5.75 Å². The molecule has 0 amide bonds. The van der Waals surface area contributed by atoms with Crippen molar-refractivity contribution < 1.29 is 14.9 Å². The third-order valence-electron chi connectivity index (χ3n) is 3.96. The molecule has 3 unspecified atom stereocenters. The first-order chi connectivity index (χ1) is 8.90. The Labute approximate surface area is 125 Å². The van der Waals surface area contributed by atoms with E-state index in [0.29, 0.717) is 33.8 Å². The van der Waals surface area contributed by atoms with Crippen molar-refractivity contribution in [2.45, 2.75) is 18.3 Å². The first-order valence-electron chi connectivity index (χ1n) is 6.17. The van der Waals surface area contributed by atoms with Crippen LogP contribution in [0, 0.1) is 5.92 Å². The summed E-state index contributed by atoms with van der Waals surface area (Å²) >= 11 is 9.39. The number of hydrogen-bond donors (Lipinski definition) is 2. The maximum absolute atomic E-state index is 10.7. The predicted molar refractivity (Wildman–Crippen MR) is 75.3 cm³/mol. The molecule has 104 valence electrons. The zero-order valence-corrected chi connectivity index (χ0v) is 12.8. The average molecular weight is 349 g/mol. The average Bonchev–Trinajstić information content (AvgIpc) is 2.34. The molecule has 4 nitrogen and oxygen atoms in total.